The van der Waals surface area contributed by atoms with Crippen LogP contribution in [0.15, 0.2) is 67.3 Å². The summed E-state index contributed by atoms with van der Waals surface area (Å²) in [6.07, 6.45) is 1.89. The monoisotopic (exact) mass is 483 g/mol. The Bertz CT molecular complexity index is 1340. The first kappa shape index (κ1) is 23.9. The van der Waals surface area contributed by atoms with E-state index < -0.39 is 12.1 Å². The van der Waals surface area contributed by atoms with E-state index in [0.29, 0.717) is 11.7 Å². The summed E-state index contributed by atoms with van der Waals surface area (Å²) in [5.41, 5.74) is 3.80. The molecule has 0 unspecified atom stereocenters. The lowest BCUT2D eigenvalue weighted by molar-refractivity contribution is -0.192. The number of methoxy groups -OCH3 is 1. The SMILES string of the molecule is COc1cncc(-c2nccnc2C2CN(c3ccc4ccccc4n3)C2)c1.O=C(O)C(F)(F)F. The summed E-state index contributed by atoms with van der Waals surface area (Å²) in [4.78, 5) is 29.4. The fourth-order valence-corrected chi connectivity index (χ4v) is 3.60. The number of carboxylic acid groups (broad SMARTS) is 1. The van der Waals surface area contributed by atoms with Gasteiger partial charge in [0.25, 0.3) is 0 Å². The molecule has 4 heterocycles. The van der Waals surface area contributed by atoms with Gasteiger partial charge in [0.1, 0.15) is 11.6 Å². The minimum atomic E-state index is -5.08. The predicted octanol–water partition coefficient (Wildman–Crippen LogP) is 4.33. The standard InChI is InChI=1S/C22H19N5O.C2HF3O2/c1-28-18-10-16(11-23-12-18)21-22(25-9-8-24-21)17-13-27(14-17)20-7-6-15-4-2-3-5-19(15)26-20;3-2(4,5)1(6)7/h2-12,17H,13-14H2,1H3;(H,6,7). The van der Waals surface area contributed by atoms with Gasteiger partial charge < -0.3 is 14.7 Å². The van der Waals surface area contributed by atoms with E-state index >= 15 is 0 Å². The average Bonchev–Trinajstić information content (AvgIpc) is 2.83. The number of aromatic nitrogens is 4. The van der Waals surface area contributed by atoms with Crippen molar-refractivity contribution >= 4 is 22.7 Å². The van der Waals surface area contributed by atoms with Gasteiger partial charge in [0.2, 0.25) is 0 Å². The number of carbonyl (C=O) groups is 1. The number of rotatable bonds is 4. The molecule has 1 aliphatic heterocycles. The lowest BCUT2D eigenvalue weighted by Gasteiger charge is -2.40. The Hall–Kier alpha value is -4.28. The van der Waals surface area contributed by atoms with Gasteiger partial charge in [-0.1, -0.05) is 18.2 Å². The Morgan fingerprint density at radius 1 is 1.09 bits per heavy atom. The van der Waals surface area contributed by atoms with E-state index in [1.54, 1.807) is 31.9 Å². The number of aliphatic carboxylic acids is 1. The van der Waals surface area contributed by atoms with Gasteiger partial charge in [0.05, 0.1) is 30.2 Å². The first-order chi connectivity index (χ1) is 16.8. The third-order valence-corrected chi connectivity index (χ3v) is 5.37. The topological polar surface area (TPSA) is 101 Å². The molecule has 0 amide bonds. The number of ether oxygens (including phenoxy) is 1. The Kier molecular flexibility index (Phi) is 6.76. The molecule has 5 rings (SSSR count). The van der Waals surface area contributed by atoms with Crippen molar-refractivity contribution in [1.29, 1.82) is 0 Å². The molecule has 0 aliphatic carbocycles. The molecule has 0 atom stereocenters. The number of para-hydroxylation sites is 1. The van der Waals surface area contributed by atoms with Crippen LogP contribution in [0.2, 0.25) is 0 Å². The number of nitrogens with zero attached hydrogens (tertiary/aromatic N) is 5. The van der Waals surface area contributed by atoms with E-state index in [9.17, 15) is 13.2 Å². The number of alkyl halides is 3. The van der Waals surface area contributed by atoms with Crippen LogP contribution in [-0.2, 0) is 4.79 Å². The molecule has 0 bridgehead atoms. The molecule has 1 aromatic carbocycles. The number of hydrogen-bond acceptors (Lipinski definition) is 7. The van der Waals surface area contributed by atoms with Gasteiger partial charge >= 0.3 is 12.1 Å². The fraction of sp³-hybridized carbons (Fsp3) is 0.208. The van der Waals surface area contributed by atoms with Crippen LogP contribution in [0.3, 0.4) is 0 Å². The van der Waals surface area contributed by atoms with Crippen LogP contribution in [0.5, 0.6) is 5.75 Å². The minimum Gasteiger partial charge on any atom is -0.495 e. The van der Waals surface area contributed by atoms with Crippen molar-refractivity contribution in [1.82, 2.24) is 19.9 Å². The molecule has 1 N–H and O–H groups in total. The van der Waals surface area contributed by atoms with Crippen LogP contribution in [0.4, 0.5) is 19.0 Å². The van der Waals surface area contributed by atoms with Crippen molar-refractivity contribution in [3.63, 3.8) is 0 Å². The number of carboxylic acids is 1. The van der Waals surface area contributed by atoms with Crippen LogP contribution in [0.1, 0.15) is 11.6 Å². The number of hydrogen-bond donors (Lipinski definition) is 1. The Balaban J connectivity index is 0.000000364. The molecule has 11 heteroatoms. The van der Waals surface area contributed by atoms with E-state index in [1.165, 1.54) is 0 Å². The quantitative estimate of drug-likeness (QED) is 0.458. The molecular weight excluding hydrogens is 463 g/mol. The van der Waals surface area contributed by atoms with Gasteiger partial charge in [-0.05, 0) is 24.3 Å². The van der Waals surface area contributed by atoms with Crippen molar-refractivity contribution in [3.05, 3.63) is 72.9 Å². The van der Waals surface area contributed by atoms with Crippen LogP contribution in [0.25, 0.3) is 22.2 Å². The second-order valence-electron chi connectivity index (χ2n) is 7.67. The highest BCUT2D eigenvalue weighted by atomic mass is 19.4. The largest absolute Gasteiger partial charge is 0.495 e. The summed E-state index contributed by atoms with van der Waals surface area (Å²) in [6, 6.07) is 14.3. The maximum absolute atomic E-state index is 10.6. The van der Waals surface area contributed by atoms with Gasteiger partial charge in [0.15, 0.2) is 0 Å². The summed E-state index contributed by atoms with van der Waals surface area (Å²) in [5.74, 6) is -0.733. The second kappa shape index (κ2) is 9.92. The zero-order chi connectivity index (χ0) is 25.0. The molecule has 0 radical (unpaired) electrons. The highest BCUT2D eigenvalue weighted by Gasteiger charge is 2.38. The third kappa shape index (κ3) is 5.45. The number of anilines is 1. The predicted molar refractivity (Wildman–Crippen MR) is 122 cm³/mol. The van der Waals surface area contributed by atoms with Crippen molar-refractivity contribution in [3.8, 4) is 17.0 Å². The van der Waals surface area contributed by atoms with E-state index in [2.05, 4.69) is 38.1 Å². The van der Waals surface area contributed by atoms with Gasteiger partial charge in [0, 0.05) is 48.5 Å². The summed E-state index contributed by atoms with van der Waals surface area (Å²) < 4.78 is 37.0. The van der Waals surface area contributed by atoms with Crippen molar-refractivity contribution in [2.45, 2.75) is 12.1 Å². The molecule has 1 fully saturated rings. The van der Waals surface area contributed by atoms with Gasteiger partial charge in [-0.3, -0.25) is 15.0 Å². The van der Waals surface area contributed by atoms with Crippen molar-refractivity contribution in [2.24, 2.45) is 0 Å². The molecule has 180 valence electrons. The summed E-state index contributed by atoms with van der Waals surface area (Å²) in [5, 5.41) is 8.28. The number of benzene rings is 1. The first-order valence-corrected chi connectivity index (χ1v) is 10.5. The second-order valence-corrected chi connectivity index (χ2v) is 7.67. The Morgan fingerprint density at radius 3 is 2.51 bits per heavy atom. The van der Waals surface area contributed by atoms with Crippen LogP contribution >= 0.6 is 0 Å². The van der Waals surface area contributed by atoms with Gasteiger partial charge in [-0.2, -0.15) is 13.2 Å². The zero-order valence-corrected chi connectivity index (χ0v) is 18.5. The van der Waals surface area contributed by atoms with E-state index in [4.69, 9.17) is 19.6 Å². The number of fused-ring (bicyclic) bond motifs is 1. The van der Waals surface area contributed by atoms with E-state index in [-0.39, 0.29) is 0 Å². The maximum atomic E-state index is 10.6. The highest BCUT2D eigenvalue weighted by molar-refractivity contribution is 5.80. The highest BCUT2D eigenvalue weighted by Crippen LogP contribution is 2.35. The Labute approximate surface area is 198 Å². The number of pyridine rings is 2. The summed E-state index contributed by atoms with van der Waals surface area (Å²) in [7, 11) is 1.64. The smallest absolute Gasteiger partial charge is 0.490 e. The van der Waals surface area contributed by atoms with Crippen molar-refractivity contribution in [2.75, 3.05) is 25.1 Å². The van der Waals surface area contributed by atoms with E-state index in [1.807, 2.05) is 24.3 Å². The molecule has 35 heavy (non-hydrogen) atoms. The summed E-state index contributed by atoms with van der Waals surface area (Å²) in [6.45, 7) is 1.74. The van der Waals surface area contributed by atoms with Crippen LogP contribution in [-0.4, -0.2) is 57.4 Å². The lowest BCUT2D eigenvalue weighted by Crippen LogP contribution is -2.46. The lowest BCUT2D eigenvalue weighted by atomic mass is 9.92. The molecular formula is C24H20F3N5O3. The average molecular weight is 483 g/mol. The van der Waals surface area contributed by atoms with Crippen molar-refractivity contribution < 1.29 is 27.8 Å². The normalized spacial score (nSPS) is 13.5. The number of halogens is 3. The van der Waals surface area contributed by atoms with Crippen LogP contribution < -0.4 is 9.64 Å². The molecule has 1 saturated heterocycles. The maximum Gasteiger partial charge on any atom is 0.490 e. The molecule has 0 spiro atoms. The molecule has 3 aromatic heterocycles. The molecule has 0 saturated carbocycles. The molecule has 1 aliphatic rings. The Morgan fingerprint density at radius 2 is 1.80 bits per heavy atom. The molecule has 4 aromatic rings. The summed E-state index contributed by atoms with van der Waals surface area (Å²) >= 11 is 0. The first-order valence-electron chi connectivity index (χ1n) is 10.5. The molecule has 8 nitrogen and oxygen atoms in total. The van der Waals surface area contributed by atoms with E-state index in [0.717, 1.165) is 46.8 Å². The fourth-order valence-electron chi connectivity index (χ4n) is 3.60. The third-order valence-electron chi connectivity index (χ3n) is 5.37. The van der Waals surface area contributed by atoms with Gasteiger partial charge in [-0.25, -0.2) is 9.78 Å². The minimum absolute atomic E-state index is 0.308. The zero-order valence-electron chi connectivity index (χ0n) is 18.5. The van der Waals surface area contributed by atoms with Gasteiger partial charge in [-0.15, -0.1) is 0 Å². The van der Waals surface area contributed by atoms with Crippen LogP contribution in [0, 0.1) is 0 Å².